The summed E-state index contributed by atoms with van der Waals surface area (Å²) in [7, 11) is 1.88. The Morgan fingerprint density at radius 1 is 1.21 bits per heavy atom. The molecular formula is C15H13N3O. The van der Waals surface area contributed by atoms with Crippen LogP contribution in [0.4, 0.5) is 0 Å². The summed E-state index contributed by atoms with van der Waals surface area (Å²) in [6.07, 6.45) is 4.18. The minimum absolute atomic E-state index is 0.622. The highest BCUT2D eigenvalue weighted by Crippen LogP contribution is 2.30. The number of nitrogens with zero attached hydrogens (tertiary/aromatic N) is 3. The monoisotopic (exact) mass is 251 g/mol. The zero-order valence-corrected chi connectivity index (χ0v) is 10.8. The van der Waals surface area contributed by atoms with Gasteiger partial charge in [-0.2, -0.15) is 0 Å². The van der Waals surface area contributed by atoms with Gasteiger partial charge in [0.15, 0.2) is 6.29 Å². The van der Waals surface area contributed by atoms with Crippen LogP contribution in [0.2, 0.25) is 0 Å². The van der Waals surface area contributed by atoms with E-state index in [0.717, 1.165) is 34.1 Å². The van der Waals surface area contributed by atoms with Crippen molar-refractivity contribution >= 4 is 17.3 Å². The van der Waals surface area contributed by atoms with Crippen LogP contribution in [0.5, 0.6) is 0 Å². The molecule has 3 aromatic rings. The highest BCUT2D eigenvalue weighted by atomic mass is 16.1. The summed E-state index contributed by atoms with van der Waals surface area (Å²) in [5, 5.41) is 0.814. The zero-order chi connectivity index (χ0) is 13.4. The van der Waals surface area contributed by atoms with Gasteiger partial charge >= 0.3 is 0 Å². The normalized spacial score (nSPS) is 10.8. The van der Waals surface area contributed by atoms with Gasteiger partial charge in [0, 0.05) is 24.4 Å². The average molecular weight is 251 g/mol. The predicted molar refractivity (Wildman–Crippen MR) is 74.1 cm³/mol. The maximum Gasteiger partial charge on any atom is 0.152 e. The first-order valence-corrected chi connectivity index (χ1v) is 6.03. The fourth-order valence-corrected chi connectivity index (χ4v) is 2.38. The van der Waals surface area contributed by atoms with Crippen LogP contribution in [0.15, 0.2) is 36.8 Å². The first kappa shape index (κ1) is 11.6. The summed E-state index contributed by atoms with van der Waals surface area (Å²) in [5.41, 5.74) is 4.37. The van der Waals surface area contributed by atoms with Crippen LogP contribution in [0.3, 0.4) is 0 Å². The SMILES string of the molecule is Cc1ccccc1-c1ncnc2c1c(C=O)cn2C. The molecule has 0 aliphatic rings. The van der Waals surface area contributed by atoms with Crippen molar-refractivity contribution in [1.82, 2.24) is 14.5 Å². The lowest BCUT2D eigenvalue weighted by Gasteiger charge is -2.06. The molecule has 3 rings (SSSR count). The Morgan fingerprint density at radius 2 is 2.00 bits per heavy atom. The third-order valence-corrected chi connectivity index (χ3v) is 3.31. The molecule has 0 radical (unpaired) electrons. The first-order valence-electron chi connectivity index (χ1n) is 6.03. The number of benzene rings is 1. The molecule has 1 aromatic carbocycles. The largest absolute Gasteiger partial charge is 0.335 e. The molecule has 0 fully saturated rings. The average Bonchev–Trinajstić information content (AvgIpc) is 2.76. The van der Waals surface area contributed by atoms with E-state index >= 15 is 0 Å². The lowest BCUT2D eigenvalue weighted by atomic mass is 10.0. The lowest BCUT2D eigenvalue weighted by molar-refractivity contribution is 0.112. The number of aromatic nitrogens is 3. The quantitative estimate of drug-likeness (QED) is 0.658. The van der Waals surface area contributed by atoms with E-state index < -0.39 is 0 Å². The van der Waals surface area contributed by atoms with E-state index in [-0.39, 0.29) is 0 Å². The van der Waals surface area contributed by atoms with Gasteiger partial charge in [0.25, 0.3) is 0 Å². The van der Waals surface area contributed by atoms with Crippen LogP contribution in [0.25, 0.3) is 22.3 Å². The van der Waals surface area contributed by atoms with Crippen LogP contribution >= 0.6 is 0 Å². The summed E-state index contributed by atoms with van der Waals surface area (Å²) in [4.78, 5) is 19.9. The zero-order valence-electron chi connectivity index (χ0n) is 10.8. The number of aryl methyl sites for hydroxylation is 2. The van der Waals surface area contributed by atoms with Crippen molar-refractivity contribution in [3.05, 3.63) is 47.9 Å². The Labute approximate surface area is 110 Å². The topological polar surface area (TPSA) is 47.8 Å². The Balaban J connectivity index is 2.42. The van der Waals surface area contributed by atoms with Gasteiger partial charge in [-0.3, -0.25) is 4.79 Å². The van der Waals surface area contributed by atoms with Crippen molar-refractivity contribution in [2.75, 3.05) is 0 Å². The van der Waals surface area contributed by atoms with Crippen molar-refractivity contribution in [3.63, 3.8) is 0 Å². The van der Waals surface area contributed by atoms with Gasteiger partial charge in [0.2, 0.25) is 0 Å². The van der Waals surface area contributed by atoms with E-state index in [1.165, 1.54) is 0 Å². The van der Waals surface area contributed by atoms with E-state index in [0.29, 0.717) is 5.56 Å². The van der Waals surface area contributed by atoms with E-state index in [1.54, 1.807) is 12.5 Å². The number of carbonyl (C=O) groups excluding carboxylic acids is 1. The van der Waals surface area contributed by atoms with Gasteiger partial charge in [0.1, 0.15) is 12.0 Å². The molecule has 2 aromatic heterocycles. The summed E-state index contributed by atoms with van der Waals surface area (Å²) < 4.78 is 1.85. The van der Waals surface area contributed by atoms with Crippen molar-refractivity contribution in [3.8, 4) is 11.3 Å². The molecule has 94 valence electrons. The number of fused-ring (bicyclic) bond motifs is 1. The molecule has 0 saturated carbocycles. The number of aldehydes is 1. The van der Waals surface area contributed by atoms with Gasteiger partial charge in [-0.1, -0.05) is 24.3 Å². The molecule has 0 spiro atoms. The van der Waals surface area contributed by atoms with Gasteiger partial charge < -0.3 is 4.57 Å². The molecule has 4 heteroatoms. The summed E-state index contributed by atoms with van der Waals surface area (Å²) >= 11 is 0. The van der Waals surface area contributed by atoms with Crippen molar-refractivity contribution in [1.29, 1.82) is 0 Å². The van der Waals surface area contributed by atoms with Gasteiger partial charge in [-0.15, -0.1) is 0 Å². The standard InChI is InChI=1S/C15H13N3O/c1-10-5-3-4-6-12(10)14-13-11(8-19)7-18(2)15(13)17-9-16-14/h3-9H,1-2H3. The van der Waals surface area contributed by atoms with E-state index in [4.69, 9.17) is 0 Å². The van der Waals surface area contributed by atoms with Crippen molar-refractivity contribution in [2.24, 2.45) is 7.05 Å². The fraction of sp³-hybridized carbons (Fsp3) is 0.133. The van der Waals surface area contributed by atoms with Crippen LogP contribution in [0.1, 0.15) is 15.9 Å². The molecule has 0 bridgehead atoms. The summed E-state index contributed by atoms with van der Waals surface area (Å²) in [6, 6.07) is 8.01. The third-order valence-electron chi connectivity index (χ3n) is 3.31. The summed E-state index contributed by atoms with van der Waals surface area (Å²) in [6.45, 7) is 2.03. The Kier molecular flexibility index (Phi) is 2.63. The van der Waals surface area contributed by atoms with Crippen LogP contribution in [-0.2, 0) is 7.05 Å². The molecule has 19 heavy (non-hydrogen) atoms. The van der Waals surface area contributed by atoms with Gasteiger partial charge in [0.05, 0.1) is 11.1 Å². The van der Waals surface area contributed by atoms with E-state index in [9.17, 15) is 4.79 Å². The molecule has 4 nitrogen and oxygen atoms in total. The highest BCUT2D eigenvalue weighted by molar-refractivity contribution is 6.03. The Morgan fingerprint density at radius 3 is 2.74 bits per heavy atom. The second-order valence-electron chi connectivity index (χ2n) is 4.55. The van der Waals surface area contributed by atoms with Crippen molar-refractivity contribution in [2.45, 2.75) is 6.92 Å². The molecule has 0 unspecified atom stereocenters. The number of hydrogen-bond acceptors (Lipinski definition) is 3. The minimum Gasteiger partial charge on any atom is -0.335 e. The van der Waals surface area contributed by atoms with Gasteiger partial charge in [-0.25, -0.2) is 9.97 Å². The molecule has 0 saturated heterocycles. The molecule has 0 aliphatic heterocycles. The van der Waals surface area contributed by atoms with E-state index in [1.807, 2.05) is 42.8 Å². The van der Waals surface area contributed by atoms with Crippen LogP contribution < -0.4 is 0 Å². The second-order valence-corrected chi connectivity index (χ2v) is 4.55. The predicted octanol–water partition coefficient (Wildman–Crippen LogP) is 2.76. The van der Waals surface area contributed by atoms with Crippen LogP contribution in [0, 0.1) is 6.92 Å². The maximum atomic E-state index is 11.2. The molecule has 2 heterocycles. The second kappa shape index (κ2) is 4.31. The maximum absolute atomic E-state index is 11.2. The molecule has 0 N–H and O–H groups in total. The number of hydrogen-bond donors (Lipinski definition) is 0. The highest BCUT2D eigenvalue weighted by Gasteiger charge is 2.15. The van der Waals surface area contributed by atoms with E-state index in [2.05, 4.69) is 9.97 Å². The Hall–Kier alpha value is -2.49. The molecule has 0 atom stereocenters. The molecular weight excluding hydrogens is 238 g/mol. The fourth-order valence-electron chi connectivity index (χ4n) is 2.38. The first-order chi connectivity index (χ1) is 9.22. The molecule has 0 aliphatic carbocycles. The third kappa shape index (κ3) is 1.73. The smallest absolute Gasteiger partial charge is 0.152 e. The lowest BCUT2D eigenvalue weighted by Crippen LogP contribution is -1.93. The van der Waals surface area contributed by atoms with Crippen LogP contribution in [-0.4, -0.2) is 20.8 Å². The van der Waals surface area contributed by atoms with Gasteiger partial charge in [-0.05, 0) is 12.5 Å². The molecule has 0 amide bonds. The Bertz CT molecular complexity index is 774. The number of carbonyl (C=O) groups is 1. The van der Waals surface area contributed by atoms with Crippen molar-refractivity contribution < 1.29 is 4.79 Å². The minimum atomic E-state index is 0.622. The summed E-state index contributed by atoms with van der Waals surface area (Å²) in [5.74, 6) is 0. The number of rotatable bonds is 2.